The zero-order valence-electron chi connectivity index (χ0n) is 9.14. The molecule has 5 heteroatoms. The second kappa shape index (κ2) is 6.20. The maximum Gasteiger partial charge on any atom is 0.222 e. The van der Waals surface area contributed by atoms with Crippen LogP contribution in [0.25, 0.3) is 0 Å². The second-order valence-corrected chi connectivity index (χ2v) is 4.23. The van der Waals surface area contributed by atoms with Crippen LogP contribution in [-0.2, 0) is 0 Å². The van der Waals surface area contributed by atoms with Crippen molar-refractivity contribution in [3.63, 3.8) is 0 Å². The highest BCUT2D eigenvalue weighted by Crippen LogP contribution is 2.08. The van der Waals surface area contributed by atoms with E-state index in [2.05, 4.69) is 31.2 Å². The number of nitrogens with zero attached hydrogens (tertiary/aromatic N) is 2. The molecule has 0 fully saturated rings. The minimum absolute atomic E-state index is 0.573. The van der Waals surface area contributed by atoms with Gasteiger partial charge in [0.2, 0.25) is 5.95 Å². The van der Waals surface area contributed by atoms with E-state index < -0.39 is 0 Å². The summed E-state index contributed by atoms with van der Waals surface area (Å²) in [5, 5.41) is 3.07. The van der Waals surface area contributed by atoms with E-state index in [1.165, 1.54) is 0 Å². The Balaban J connectivity index is 1.71. The van der Waals surface area contributed by atoms with Gasteiger partial charge in [-0.1, -0.05) is 18.2 Å². The zero-order chi connectivity index (χ0) is 11.9. The largest absolute Gasteiger partial charge is 0.492 e. The molecule has 1 aromatic carbocycles. The first-order chi connectivity index (χ1) is 8.34. The molecule has 0 atom stereocenters. The van der Waals surface area contributed by atoms with E-state index in [0.717, 1.165) is 10.2 Å². The van der Waals surface area contributed by atoms with Crippen LogP contribution in [0.3, 0.4) is 0 Å². The number of ether oxygens (including phenoxy) is 1. The van der Waals surface area contributed by atoms with Gasteiger partial charge in [-0.25, -0.2) is 9.97 Å². The number of halogens is 1. The molecule has 2 aromatic rings. The molecule has 0 amide bonds. The SMILES string of the molecule is Brc1cnc(NCCOc2ccccc2)nc1. The summed E-state index contributed by atoms with van der Waals surface area (Å²) in [6.07, 6.45) is 3.40. The number of nitrogens with one attached hydrogen (secondary N) is 1. The van der Waals surface area contributed by atoms with Crippen LogP contribution >= 0.6 is 15.9 Å². The summed E-state index contributed by atoms with van der Waals surface area (Å²) in [6.45, 7) is 1.24. The summed E-state index contributed by atoms with van der Waals surface area (Å²) >= 11 is 3.28. The summed E-state index contributed by atoms with van der Waals surface area (Å²) in [4.78, 5) is 8.20. The van der Waals surface area contributed by atoms with Gasteiger partial charge in [0.1, 0.15) is 12.4 Å². The van der Waals surface area contributed by atoms with Gasteiger partial charge in [0.05, 0.1) is 11.0 Å². The third-order valence-corrected chi connectivity index (χ3v) is 2.43. The molecule has 0 aliphatic carbocycles. The summed E-state index contributed by atoms with van der Waals surface area (Å²) in [5.41, 5.74) is 0. The number of aromatic nitrogens is 2. The van der Waals surface area contributed by atoms with Crippen molar-refractivity contribution in [1.29, 1.82) is 0 Å². The van der Waals surface area contributed by atoms with Gasteiger partial charge in [-0.15, -0.1) is 0 Å². The minimum Gasteiger partial charge on any atom is -0.492 e. The average Bonchev–Trinajstić information content (AvgIpc) is 2.38. The quantitative estimate of drug-likeness (QED) is 0.861. The average molecular weight is 294 g/mol. The molecule has 88 valence electrons. The summed E-state index contributed by atoms with van der Waals surface area (Å²) in [7, 11) is 0. The Hall–Kier alpha value is -1.62. The molecule has 0 saturated carbocycles. The number of para-hydroxylation sites is 1. The van der Waals surface area contributed by atoms with Gasteiger partial charge in [0.25, 0.3) is 0 Å². The van der Waals surface area contributed by atoms with Crippen molar-refractivity contribution < 1.29 is 4.74 Å². The zero-order valence-corrected chi connectivity index (χ0v) is 10.7. The molecule has 0 aliphatic rings. The smallest absolute Gasteiger partial charge is 0.222 e. The van der Waals surface area contributed by atoms with Gasteiger partial charge in [-0.05, 0) is 28.1 Å². The minimum atomic E-state index is 0.573. The maximum atomic E-state index is 5.52. The lowest BCUT2D eigenvalue weighted by Crippen LogP contribution is -2.13. The highest BCUT2D eigenvalue weighted by atomic mass is 79.9. The van der Waals surface area contributed by atoms with E-state index in [-0.39, 0.29) is 0 Å². The van der Waals surface area contributed by atoms with Crippen molar-refractivity contribution in [2.75, 3.05) is 18.5 Å². The molecule has 0 bridgehead atoms. The number of hydrogen-bond donors (Lipinski definition) is 1. The normalized spacial score (nSPS) is 9.94. The van der Waals surface area contributed by atoms with E-state index in [1.54, 1.807) is 12.4 Å². The molecule has 0 spiro atoms. The van der Waals surface area contributed by atoms with Crippen LogP contribution in [-0.4, -0.2) is 23.1 Å². The van der Waals surface area contributed by atoms with Crippen LogP contribution in [0.5, 0.6) is 5.75 Å². The Bertz CT molecular complexity index is 447. The van der Waals surface area contributed by atoms with E-state index >= 15 is 0 Å². The first kappa shape index (κ1) is 11.9. The van der Waals surface area contributed by atoms with Crippen LogP contribution < -0.4 is 10.1 Å². The molecule has 0 unspecified atom stereocenters. The molecular weight excluding hydrogens is 282 g/mol. The van der Waals surface area contributed by atoms with E-state index in [1.807, 2.05) is 30.3 Å². The van der Waals surface area contributed by atoms with Gasteiger partial charge < -0.3 is 10.1 Å². The summed E-state index contributed by atoms with van der Waals surface area (Å²) < 4.78 is 6.39. The van der Waals surface area contributed by atoms with Crippen molar-refractivity contribution in [3.8, 4) is 5.75 Å². The Labute approximate surface area is 108 Å². The number of anilines is 1. The Morgan fingerprint density at radius 3 is 2.53 bits per heavy atom. The van der Waals surface area contributed by atoms with E-state index in [4.69, 9.17) is 4.74 Å². The molecule has 1 N–H and O–H groups in total. The molecule has 0 saturated heterocycles. The Morgan fingerprint density at radius 1 is 1.12 bits per heavy atom. The monoisotopic (exact) mass is 293 g/mol. The Kier molecular flexibility index (Phi) is 4.32. The first-order valence-corrected chi connectivity index (χ1v) is 6.03. The predicted octanol–water partition coefficient (Wildman–Crippen LogP) is 2.73. The fourth-order valence-corrected chi connectivity index (χ4v) is 1.46. The van der Waals surface area contributed by atoms with Crippen molar-refractivity contribution in [3.05, 3.63) is 47.2 Å². The maximum absolute atomic E-state index is 5.52. The van der Waals surface area contributed by atoms with Gasteiger partial charge in [0, 0.05) is 12.4 Å². The molecule has 1 heterocycles. The number of rotatable bonds is 5. The van der Waals surface area contributed by atoms with Crippen LogP contribution in [0.15, 0.2) is 47.2 Å². The number of benzene rings is 1. The molecule has 17 heavy (non-hydrogen) atoms. The Morgan fingerprint density at radius 2 is 1.82 bits per heavy atom. The topological polar surface area (TPSA) is 47.0 Å². The van der Waals surface area contributed by atoms with Gasteiger partial charge >= 0.3 is 0 Å². The summed E-state index contributed by atoms with van der Waals surface area (Å²) in [6, 6.07) is 9.70. The number of hydrogen-bond acceptors (Lipinski definition) is 4. The van der Waals surface area contributed by atoms with Crippen LogP contribution in [0.1, 0.15) is 0 Å². The van der Waals surface area contributed by atoms with Crippen LogP contribution in [0.4, 0.5) is 5.95 Å². The second-order valence-electron chi connectivity index (χ2n) is 3.31. The highest BCUT2D eigenvalue weighted by Gasteiger charge is 1.95. The molecule has 1 aromatic heterocycles. The van der Waals surface area contributed by atoms with E-state index in [0.29, 0.717) is 19.1 Å². The predicted molar refractivity (Wildman–Crippen MR) is 70.2 cm³/mol. The van der Waals surface area contributed by atoms with Crippen LogP contribution in [0, 0.1) is 0 Å². The lowest BCUT2D eigenvalue weighted by atomic mass is 10.3. The highest BCUT2D eigenvalue weighted by molar-refractivity contribution is 9.10. The molecule has 4 nitrogen and oxygen atoms in total. The van der Waals surface area contributed by atoms with Crippen molar-refractivity contribution in [2.24, 2.45) is 0 Å². The van der Waals surface area contributed by atoms with E-state index in [9.17, 15) is 0 Å². The van der Waals surface area contributed by atoms with Gasteiger partial charge in [-0.2, -0.15) is 0 Å². The van der Waals surface area contributed by atoms with Gasteiger partial charge in [-0.3, -0.25) is 0 Å². The van der Waals surface area contributed by atoms with Crippen molar-refractivity contribution >= 4 is 21.9 Å². The third kappa shape index (κ3) is 4.03. The molecular formula is C12H12BrN3O. The summed E-state index contributed by atoms with van der Waals surface area (Å²) in [5.74, 6) is 1.47. The fourth-order valence-electron chi connectivity index (χ4n) is 1.25. The third-order valence-electron chi connectivity index (χ3n) is 2.02. The first-order valence-electron chi connectivity index (χ1n) is 5.24. The molecule has 2 rings (SSSR count). The van der Waals surface area contributed by atoms with Crippen molar-refractivity contribution in [1.82, 2.24) is 9.97 Å². The van der Waals surface area contributed by atoms with Crippen LogP contribution in [0.2, 0.25) is 0 Å². The standard InChI is InChI=1S/C12H12BrN3O/c13-10-8-15-12(16-9-10)14-6-7-17-11-4-2-1-3-5-11/h1-5,8-9H,6-7H2,(H,14,15,16). The van der Waals surface area contributed by atoms with Crippen molar-refractivity contribution in [2.45, 2.75) is 0 Å². The molecule has 0 aliphatic heterocycles. The van der Waals surface area contributed by atoms with Gasteiger partial charge in [0.15, 0.2) is 0 Å². The lowest BCUT2D eigenvalue weighted by molar-refractivity contribution is 0.332. The fraction of sp³-hybridized carbons (Fsp3) is 0.167. The molecule has 0 radical (unpaired) electrons. The lowest BCUT2D eigenvalue weighted by Gasteiger charge is -2.07.